The van der Waals surface area contributed by atoms with Gasteiger partial charge in [0.1, 0.15) is 5.75 Å². The summed E-state index contributed by atoms with van der Waals surface area (Å²) in [6.07, 6.45) is 0. The van der Waals surface area contributed by atoms with Crippen LogP contribution in [0.15, 0.2) is 18.2 Å². The maximum atomic E-state index is 5.32. The van der Waals surface area contributed by atoms with Crippen molar-refractivity contribution >= 4 is 10.9 Å². The minimum absolute atomic E-state index is 0.491. The summed E-state index contributed by atoms with van der Waals surface area (Å²) in [6.45, 7) is 7.40. The average Bonchev–Trinajstić information content (AvgIpc) is 2.59. The summed E-state index contributed by atoms with van der Waals surface area (Å²) in [4.78, 5) is 0. The summed E-state index contributed by atoms with van der Waals surface area (Å²) in [5, 5.41) is 4.77. The van der Waals surface area contributed by atoms with Gasteiger partial charge in [0.05, 0.1) is 7.11 Å². The first-order valence-electron chi connectivity index (χ1n) is 6.40. The highest BCUT2D eigenvalue weighted by Gasteiger charge is 2.12. The number of nitrogens with zero attached hydrogens (tertiary/aromatic N) is 1. The van der Waals surface area contributed by atoms with Gasteiger partial charge in [-0.05, 0) is 30.7 Å². The summed E-state index contributed by atoms with van der Waals surface area (Å²) in [5.41, 5.74) is 3.93. The number of hydrogen-bond donors (Lipinski definition) is 1. The van der Waals surface area contributed by atoms with Gasteiger partial charge in [-0.25, -0.2) is 0 Å². The standard InChI is InChI=1S/C15H22N2O/c1-10(2)16-9-14-11(3)17(4)15-7-6-12(18-5)8-13(14)15/h6-8,10,16H,9H2,1-5H3. The van der Waals surface area contributed by atoms with Gasteiger partial charge in [-0.1, -0.05) is 13.8 Å². The Morgan fingerprint density at radius 1 is 1.33 bits per heavy atom. The molecule has 0 bridgehead atoms. The predicted molar refractivity (Wildman–Crippen MR) is 76.2 cm³/mol. The zero-order valence-corrected chi connectivity index (χ0v) is 11.9. The molecule has 1 aromatic carbocycles. The largest absolute Gasteiger partial charge is 0.497 e. The lowest BCUT2D eigenvalue weighted by Gasteiger charge is -2.08. The molecule has 2 rings (SSSR count). The lowest BCUT2D eigenvalue weighted by molar-refractivity contribution is 0.415. The molecule has 1 N–H and O–H groups in total. The Labute approximate surface area is 109 Å². The van der Waals surface area contributed by atoms with E-state index in [-0.39, 0.29) is 0 Å². The molecule has 0 amide bonds. The van der Waals surface area contributed by atoms with Crippen LogP contribution in [0.2, 0.25) is 0 Å². The summed E-state index contributed by atoms with van der Waals surface area (Å²) >= 11 is 0. The molecule has 18 heavy (non-hydrogen) atoms. The minimum Gasteiger partial charge on any atom is -0.497 e. The third kappa shape index (κ3) is 2.23. The second-order valence-electron chi connectivity index (χ2n) is 5.04. The van der Waals surface area contributed by atoms with Gasteiger partial charge in [0.2, 0.25) is 0 Å². The number of aryl methyl sites for hydroxylation is 1. The fraction of sp³-hybridized carbons (Fsp3) is 0.467. The second-order valence-corrected chi connectivity index (χ2v) is 5.04. The Morgan fingerprint density at radius 2 is 2.06 bits per heavy atom. The van der Waals surface area contributed by atoms with Gasteiger partial charge in [0.25, 0.3) is 0 Å². The van der Waals surface area contributed by atoms with Gasteiger partial charge in [-0.2, -0.15) is 0 Å². The van der Waals surface area contributed by atoms with Crippen molar-refractivity contribution in [2.45, 2.75) is 33.4 Å². The monoisotopic (exact) mass is 246 g/mol. The van der Waals surface area contributed by atoms with Crippen LogP contribution in [-0.2, 0) is 13.6 Å². The highest BCUT2D eigenvalue weighted by molar-refractivity contribution is 5.86. The number of methoxy groups -OCH3 is 1. The highest BCUT2D eigenvalue weighted by atomic mass is 16.5. The molecule has 0 radical (unpaired) electrons. The zero-order valence-electron chi connectivity index (χ0n) is 11.9. The molecule has 0 saturated carbocycles. The Bertz CT molecular complexity index is 555. The third-order valence-electron chi connectivity index (χ3n) is 3.52. The Hall–Kier alpha value is -1.48. The van der Waals surface area contributed by atoms with Crippen LogP contribution in [0.5, 0.6) is 5.75 Å². The van der Waals surface area contributed by atoms with Gasteiger partial charge in [-0.15, -0.1) is 0 Å². The van der Waals surface area contributed by atoms with Crippen LogP contribution in [0.25, 0.3) is 10.9 Å². The van der Waals surface area contributed by atoms with Crippen LogP contribution >= 0.6 is 0 Å². The molecule has 3 heteroatoms. The fourth-order valence-corrected chi connectivity index (χ4v) is 2.28. The van der Waals surface area contributed by atoms with Crippen LogP contribution < -0.4 is 10.1 Å². The van der Waals surface area contributed by atoms with E-state index in [2.05, 4.69) is 49.8 Å². The van der Waals surface area contributed by atoms with Crippen LogP contribution in [0.3, 0.4) is 0 Å². The van der Waals surface area contributed by atoms with E-state index in [1.165, 1.54) is 22.2 Å². The predicted octanol–water partition coefficient (Wildman–Crippen LogP) is 2.99. The van der Waals surface area contributed by atoms with E-state index in [0.717, 1.165) is 12.3 Å². The zero-order chi connectivity index (χ0) is 13.3. The lowest BCUT2D eigenvalue weighted by Crippen LogP contribution is -2.22. The maximum Gasteiger partial charge on any atom is 0.119 e. The normalized spacial score (nSPS) is 11.4. The van der Waals surface area contributed by atoms with E-state index in [1.54, 1.807) is 7.11 Å². The molecule has 98 valence electrons. The smallest absolute Gasteiger partial charge is 0.119 e. The summed E-state index contributed by atoms with van der Waals surface area (Å²) < 4.78 is 7.56. The topological polar surface area (TPSA) is 26.2 Å². The summed E-state index contributed by atoms with van der Waals surface area (Å²) in [6, 6.07) is 6.76. The van der Waals surface area contributed by atoms with Gasteiger partial charge in [0, 0.05) is 36.2 Å². The molecule has 1 aromatic heterocycles. The number of nitrogens with one attached hydrogen (secondary N) is 1. The number of ether oxygens (including phenoxy) is 1. The Morgan fingerprint density at radius 3 is 2.67 bits per heavy atom. The van der Waals surface area contributed by atoms with Crippen molar-refractivity contribution in [1.82, 2.24) is 9.88 Å². The fourth-order valence-electron chi connectivity index (χ4n) is 2.28. The second kappa shape index (κ2) is 5.02. The van der Waals surface area contributed by atoms with Crippen LogP contribution in [-0.4, -0.2) is 17.7 Å². The molecule has 0 unspecified atom stereocenters. The molecule has 0 spiro atoms. The van der Waals surface area contributed by atoms with Crippen LogP contribution in [0.1, 0.15) is 25.1 Å². The van der Waals surface area contributed by atoms with Crippen molar-refractivity contribution in [3.05, 3.63) is 29.5 Å². The van der Waals surface area contributed by atoms with Crippen molar-refractivity contribution in [2.24, 2.45) is 7.05 Å². The SMILES string of the molecule is COc1ccc2c(c1)c(CNC(C)C)c(C)n2C. The first kappa shape index (κ1) is 13.0. The molecule has 3 nitrogen and oxygen atoms in total. The molecule has 0 aliphatic rings. The first-order chi connectivity index (χ1) is 8.54. The first-order valence-corrected chi connectivity index (χ1v) is 6.40. The van der Waals surface area contributed by atoms with E-state index >= 15 is 0 Å². The third-order valence-corrected chi connectivity index (χ3v) is 3.52. The quantitative estimate of drug-likeness (QED) is 0.897. The van der Waals surface area contributed by atoms with Gasteiger partial charge < -0.3 is 14.6 Å². The molecular formula is C15H22N2O. The van der Waals surface area contributed by atoms with Gasteiger partial charge in [0.15, 0.2) is 0 Å². The van der Waals surface area contributed by atoms with E-state index in [0.29, 0.717) is 6.04 Å². The molecule has 0 aliphatic carbocycles. The van der Waals surface area contributed by atoms with Crippen molar-refractivity contribution < 1.29 is 4.74 Å². The molecule has 1 heterocycles. The molecule has 0 fully saturated rings. The number of rotatable bonds is 4. The molecular weight excluding hydrogens is 224 g/mol. The Kier molecular flexibility index (Phi) is 3.62. The van der Waals surface area contributed by atoms with Crippen molar-refractivity contribution in [3.8, 4) is 5.75 Å². The average molecular weight is 246 g/mol. The number of benzene rings is 1. The number of fused-ring (bicyclic) bond motifs is 1. The lowest BCUT2D eigenvalue weighted by atomic mass is 10.1. The summed E-state index contributed by atoms with van der Waals surface area (Å²) in [7, 11) is 3.83. The van der Waals surface area contributed by atoms with Crippen molar-refractivity contribution in [2.75, 3.05) is 7.11 Å². The van der Waals surface area contributed by atoms with Crippen LogP contribution in [0, 0.1) is 6.92 Å². The van der Waals surface area contributed by atoms with E-state index in [9.17, 15) is 0 Å². The molecule has 0 saturated heterocycles. The summed E-state index contributed by atoms with van der Waals surface area (Å²) in [5.74, 6) is 0.916. The van der Waals surface area contributed by atoms with Gasteiger partial charge in [-0.3, -0.25) is 0 Å². The number of aromatic nitrogens is 1. The Balaban J connectivity index is 2.51. The van der Waals surface area contributed by atoms with Gasteiger partial charge >= 0.3 is 0 Å². The van der Waals surface area contributed by atoms with E-state index < -0.39 is 0 Å². The molecule has 0 aliphatic heterocycles. The minimum atomic E-state index is 0.491. The van der Waals surface area contributed by atoms with Crippen molar-refractivity contribution in [3.63, 3.8) is 0 Å². The maximum absolute atomic E-state index is 5.32. The van der Waals surface area contributed by atoms with Crippen LogP contribution in [0.4, 0.5) is 0 Å². The number of hydrogen-bond acceptors (Lipinski definition) is 2. The molecule has 0 atom stereocenters. The van der Waals surface area contributed by atoms with Crippen molar-refractivity contribution in [1.29, 1.82) is 0 Å². The van der Waals surface area contributed by atoms with E-state index in [4.69, 9.17) is 4.74 Å². The molecule has 2 aromatic rings. The van der Waals surface area contributed by atoms with E-state index in [1.807, 2.05) is 6.07 Å². The highest BCUT2D eigenvalue weighted by Crippen LogP contribution is 2.28.